The number of aromatic nitrogens is 2. The molecule has 1 N–H and O–H groups in total. The Morgan fingerprint density at radius 3 is 2.50 bits per heavy atom. The molecule has 0 atom stereocenters. The summed E-state index contributed by atoms with van der Waals surface area (Å²) in [5, 5.41) is 2.55. The molecule has 1 amide bonds. The number of alkyl halides is 3. The minimum atomic E-state index is -4.61. The topological polar surface area (TPSA) is 82.5 Å². The number of hydrogen-bond acceptors (Lipinski definition) is 5. The number of benzene rings is 1. The molecule has 168 valence electrons. The first-order valence-electron chi connectivity index (χ1n) is 9.65. The summed E-state index contributed by atoms with van der Waals surface area (Å²) >= 11 is 0. The lowest BCUT2D eigenvalue weighted by Gasteiger charge is -2.12. The normalized spacial score (nSPS) is 11.1. The molecule has 0 saturated heterocycles. The van der Waals surface area contributed by atoms with Gasteiger partial charge in [0.25, 0.3) is 5.56 Å². The summed E-state index contributed by atoms with van der Waals surface area (Å²) in [5.41, 5.74) is -1.07. The van der Waals surface area contributed by atoms with Crippen LogP contribution < -0.4 is 20.3 Å². The van der Waals surface area contributed by atoms with Crippen molar-refractivity contribution in [3.8, 4) is 17.4 Å². The zero-order chi connectivity index (χ0) is 23.1. The van der Waals surface area contributed by atoms with E-state index in [9.17, 15) is 22.8 Å². The van der Waals surface area contributed by atoms with Crippen LogP contribution in [0.2, 0.25) is 0 Å². The monoisotopic (exact) mass is 447 g/mol. The van der Waals surface area contributed by atoms with E-state index < -0.39 is 29.8 Å². The van der Waals surface area contributed by atoms with Gasteiger partial charge in [-0.15, -0.1) is 0 Å². The van der Waals surface area contributed by atoms with Crippen LogP contribution >= 0.6 is 0 Å². The van der Waals surface area contributed by atoms with E-state index in [1.807, 2.05) is 13.0 Å². The third-order valence-corrected chi connectivity index (χ3v) is 4.28. The highest BCUT2D eigenvalue weighted by atomic mass is 19.4. The van der Waals surface area contributed by atoms with Gasteiger partial charge in [-0.25, -0.2) is 4.98 Å². The molecule has 0 aliphatic heterocycles. The van der Waals surface area contributed by atoms with Crippen LogP contribution in [0.4, 0.5) is 13.2 Å². The number of ether oxygens (including phenoxy) is 2. The minimum Gasteiger partial charge on any atom is -0.490 e. The highest BCUT2D eigenvalue weighted by molar-refractivity contribution is 5.75. The predicted molar refractivity (Wildman–Crippen MR) is 109 cm³/mol. The molecule has 0 spiro atoms. The molecule has 0 fully saturated rings. The van der Waals surface area contributed by atoms with Crippen LogP contribution in [-0.2, 0) is 24.1 Å². The Labute approximate surface area is 181 Å². The first kappa shape index (κ1) is 22.9. The van der Waals surface area contributed by atoms with E-state index in [0.717, 1.165) is 6.07 Å². The number of halogens is 3. The zero-order valence-electron chi connectivity index (χ0n) is 17.1. The first-order valence-corrected chi connectivity index (χ1v) is 9.65. The Morgan fingerprint density at radius 1 is 1.09 bits per heavy atom. The molecule has 1 aromatic carbocycles. The Kier molecular flexibility index (Phi) is 7.14. The van der Waals surface area contributed by atoms with Gasteiger partial charge in [-0.1, -0.05) is 18.2 Å². The number of nitrogens with one attached hydrogen (secondary N) is 1. The number of pyridine rings is 2. The molecule has 7 nitrogen and oxygen atoms in total. The molecule has 0 saturated carbocycles. The fraction of sp³-hybridized carbons (Fsp3) is 0.227. The molecule has 0 aliphatic rings. The summed E-state index contributed by atoms with van der Waals surface area (Å²) in [5.74, 6) is 0.799. The number of rotatable bonds is 8. The number of nitrogens with zero attached hydrogens (tertiary/aromatic N) is 2. The second kappa shape index (κ2) is 9.99. The molecular formula is C22H20F3N3O4. The van der Waals surface area contributed by atoms with Gasteiger partial charge >= 0.3 is 6.18 Å². The van der Waals surface area contributed by atoms with E-state index in [1.54, 1.807) is 30.3 Å². The quantitative estimate of drug-likeness (QED) is 0.569. The van der Waals surface area contributed by atoms with E-state index in [1.165, 1.54) is 6.20 Å². The average molecular weight is 447 g/mol. The predicted octanol–water partition coefficient (Wildman–Crippen LogP) is 3.77. The van der Waals surface area contributed by atoms with Crippen LogP contribution in [-0.4, -0.2) is 22.1 Å². The first-order chi connectivity index (χ1) is 15.3. The Balaban J connectivity index is 1.58. The van der Waals surface area contributed by atoms with Gasteiger partial charge < -0.3 is 19.4 Å². The average Bonchev–Trinajstić information content (AvgIpc) is 2.75. The second-order valence-corrected chi connectivity index (χ2v) is 6.64. The van der Waals surface area contributed by atoms with E-state index in [-0.39, 0.29) is 6.54 Å². The summed E-state index contributed by atoms with van der Waals surface area (Å²) in [6, 6.07) is 11.9. The van der Waals surface area contributed by atoms with E-state index in [2.05, 4.69) is 10.3 Å². The fourth-order valence-corrected chi connectivity index (χ4v) is 2.73. The van der Waals surface area contributed by atoms with Crippen molar-refractivity contribution in [2.45, 2.75) is 26.2 Å². The van der Waals surface area contributed by atoms with Crippen LogP contribution in [0, 0.1) is 0 Å². The van der Waals surface area contributed by atoms with E-state index in [0.29, 0.717) is 46.4 Å². The van der Waals surface area contributed by atoms with Gasteiger partial charge in [0.15, 0.2) is 11.5 Å². The molecule has 0 unspecified atom stereocenters. The van der Waals surface area contributed by atoms with Crippen molar-refractivity contribution in [2.75, 3.05) is 6.61 Å². The molecule has 0 bridgehead atoms. The molecule has 10 heteroatoms. The van der Waals surface area contributed by atoms with Gasteiger partial charge in [-0.2, -0.15) is 13.2 Å². The van der Waals surface area contributed by atoms with Crippen molar-refractivity contribution < 1.29 is 27.4 Å². The third-order valence-electron chi connectivity index (χ3n) is 4.28. The Hall–Kier alpha value is -3.82. The number of carbonyl (C=O) groups excluding carboxylic acids is 1. The largest absolute Gasteiger partial charge is 0.490 e. The fourth-order valence-electron chi connectivity index (χ4n) is 2.73. The summed E-state index contributed by atoms with van der Waals surface area (Å²) < 4.78 is 50.3. The van der Waals surface area contributed by atoms with Gasteiger partial charge in [0, 0.05) is 31.1 Å². The van der Waals surface area contributed by atoms with Crippen LogP contribution in [0.1, 0.15) is 18.1 Å². The molecular weight excluding hydrogens is 427 g/mol. The SMILES string of the molecule is CCOc1ccccc1Oc1ccc(CNC(=O)Cn2cc(C(F)(F)F)ccc2=O)cn1. The molecule has 2 heterocycles. The summed E-state index contributed by atoms with van der Waals surface area (Å²) in [6.45, 7) is 1.89. The van der Waals surface area contributed by atoms with Crippen LogP contribution in [0.15, 0.2) is 65.7 Å². The lowest BCUT2D eigenvalue weighted by molar-refractivity contribution is -0.138. The van der Waals surface area contributed by atoms with Crippen molar-refractivity contribution >= 4 is 5.91 Å². The molecule has 0 aliphatic carbocycles. The molecule has 3 rings (SSSR count). The highest BCUT2D eigenvalue weighted by Crippen LogP contribution is 2.30. The van der Waals surface area contributed by atoms with Gasteiger partial charge in [0.05, 0.1) is 12.2 Å². The lowest BCUT2D eigenvalue weighted by atomic mass is 10.2. The van der Waals surface area contributed by atoms with Gasteiger partial charge in [-0.05, 0) is 30.7 Å². The second-order valence-electron chi connectivity index (χ2n) is 6.64. The summed E-state index contributed by atoms with van der Waals surface area (Å²) in [6.07, 6.45) is -2.49. The van der Waals surface area contributed by atoms with Crippen molar-refractivity contribution in [1.82, 2.24) is 14.9 Å². The minimum absolute atomic E-state index is 0.0787. The molecule has 3 aromatic rings. The standard InChI is InChI=1S/C22H20F3N3O4/c1-2-31-17-5-3-4-6-18(17)32-20-9-7-15(12-27-20)11-26-19(29)14-28-13-16(22(23,24)25)8-10-21(28)30/h3-10,12-13H,2,11,14H2,1H3,(H,26,29). The maximum atomic E-state index is 12.8. The Morgan fingerprint density at radius 2 is 1.84 bits per heavy atom. The van der Waals surface area contributed by atoms with Crippen LogP contribution in [0.25, 0.3) is 0 Å². The zero-order valence-corrected chi connectivity index (χ0v) is 17.1. The van der Waals surface area contributed by atoms with Crippen LogP contribution in [0.5, 0.6) is 17.4 Å². The van der Waals surface area contributed by atoms with Gasteiger partial charge in [-0.3, -0.25) is 9.59 Å². The maximum absolute atomic E-state index is 12.8. The van der Waals surface area contributed by atoms with E-state index in [4.69, 9.17) is 9.47 Å². The number of para-hydroxylation sites is 2. The Bertz CT molecular complexity index is 1130. The molecule has 2 aromatic heterocycles. The summed E-state index contributed by atoms with van der Waals surface area (Å²) in [7, 11) is 0. The van der Waals surface area contributed by atoms with Crippen molar-refractivity contribution in [2.24, 2.45) is 0 Å². The smallest absolute Gasteiger partial charge is 0.417 e. The van der Waals surface area contributed by atoms with Crippen molar-refractivity contribution in [1.29, 1.82) is 0 Å². The lowest BCUT2D eigenvalue weighted by Crippen LogP contribution is -2.32. The third kappa shape index (κ3) is 6.10. The van der Waals surface area contributed by atoms with E-state index >= 15 is 0 Å². The summed E-state index contributed by atoms with van der Waals surface area (Å²) in [4.78, 5) is 28.0. The molecule has 32 heavy (non-hydrogen) atoms. The highest BCUT2D eigenvalue weighted by Gasteiger charge is 2.31. The van der Waals surface area contributed by atoms with Gasteiger partial charge in [0.1, 0.15) is 6.54 Å². The number of amides is 1. The van der Waals surface area contributed by atoms with Crippen molar-refractivity contribution in [3.05, 3.63) is 82.4 Å². The van der Waals surface area contributed by atoms with Gasteiger partial charge in [0.2, 0.25) is 11.8 Å². The number of hydrogen-bond donors (Lipinski definition) is 1. The van der Waals surface area contributed by atoms with Crippen LogP contribution in [0.3, 0.4) is 0 Å². The maximum Gasteiger partial charge on any atom is 0.417 e. The van der Waals surface area contributed by atoms with Crippen molar-refractivity contribution in [3.63, 3.8) is 0 Å². The molecule has 0 radical (unpaired) electrons. The number of carbonyl (C=O) groups is 1.